The zero-order valence-corrected chi connectivity index (χ0v) is 19.2. The fourth-order valence-corrected chi connectivity index (χ4v) is 4.13. The van der Waals surface area contributed by atoms with Crippen molar-refractivity contribution in [2.75, 3.05) is 44.2 Å². The Kier molecular flexibility index (Phi) is 7.63. The summed E-state index contributed by atoms with van der Waals surface area (Å²) in [4.78, 5) is 9.38. The first-order valence-corrected chi connectivity index (χ1v) is 11.5. The molecule has 32 heavy (non-hydrogen) atoms. The van der Waals surface area contributed by atoms with Gasteiger partial charge in [0.2, 0.25) is 0 Å². The lowest BCUT2D eigenvalue weighted by Crippen LogP contribution is -2.47. The van der Waals surface area contributed by atoms with E-state index in [4.69, 9.17) is 16.3 Å². The van der Waals surface area contributed by atoms with Crippen LogP contribution in [-0.2, 0) is 0 Å². The normalized spacial score (nSPS) is 15.5. The van der Waals surface area contributed by atoms with Gasteiger partial charge in [0.1, 0.15) is 12.4 Å². The summed E-state index contributed by atoms with van der Waals surface area (Å²) in [5.41, 5.74) is 4.38. The van der Waals surface area contributed by atoms with Gasteiger partial charge in [0.05, 0.1) is 11.8 Å². The Morgan fingerprint density at radius 3 is 2.56 bits per heavy atom. The van der Waals surface area contributed by atoms with E-state index in [1.165, 1.54) is 11.3 Å². The monoisotopic (exact) mass is 451 g/mol. The fourth-order valence-electron chi connectivity index (χ4n) is 4.01. The molecule has 6 heteroatoms. The Labute approximate surface area is 195 Å². The lowest BCUT2D eigenvalue weighted by atomic mass is 10.1. The second kappa shape index (κ2) is 10.8. The minimum absolute atomic E-state index is 0.290. The van der Waals surface area contributed by atoms with Gasteiger partial charge in [-0.3, -0.25) is 9.88 Å². The number of aliphatic hydroxyl groups is 1. The molecule has 1 atom stereocenters. The van der Waals surface area contributed by atoms with Gasteiger partial charge in [0.25, 0.3) is 0 Å². The van der Waals surface area contributed by atoms with Crippen molar-refractivity contribution < 1.29 is 9.84 Å². The number of halogens is 1. The summed E-state index contributed by atoms with van der Waals surface area (Å²) >= 11 is 6.05. The molecule has 1 aromatic heterocycles. The van der Waals surface area contributed by atoms with Gasteiger partial charge < -0.3 is 14.7 Å². The number of ether oxygens (including phenoxy) is 1. The summed E-state index contributed by atoms with van der Waals surface area (Å²) in [6, 6.07) is 20.1. The molecule has 1 saturated heterocycles. The van der Waals surface area contributed by atoms with E-state index in [1.807, 2.05) is 43.5 Å². The minimum Gasteiger partial charge on any atom is -0.491 e. The third-order valence-corrected chi connectivity index (χ3v) is 6.33. The lowest BCUT2D eigenvalue weighted by Gasteiger charge is -2.37. The molecule has 0 aliphatic carbocycles. The molecular formula is C26H30ClN3O2. The van der Waals surface area contributed by atoms with E-state index in [0.29, 0.717) is 13.0 Å². The number of aliphatic hydroxyl groups excluding tert-OH is 1. The van der Waals surface area contributed by atoms with Crippen molar-refractivity contribution in [1.82, 2.24) is 9.88 Å². The molecular weight excluding hydrogens is 422 g/mol. The molecule has 3 aromatic rings. The van der Waals surface area contributed by atoms with Crippen molar-refractivity contribution >= 4 is 17.3 Å². The SMILES string of the molecule is Cc1cc(OCC(O)CCN2CCN(c3ccccc3-c3ccccn3)CC2)ccc1Cl. The molecule has 0 amide bonds. The number of aryl methyl sites for hydroxylation is 1. The van der Waals surface area contributed by atoms with Crippen LogP contribution in [0.4, 0.5) is 5.69 Å². The predicted octanol–water partition coefficient (Wildman–Crippen LogP) is 4.66. The van der Waals surface area contributed by atoms with Crippen molar-refractivity contribution in [2.45, 2.75) is 19.4 Å². The summed E-state index contributed by atoms with van der Waals surface area (Å²) in [5, 5.41) is 11.1. The number of piperazine rings is 1. The van der Waals surface area contributed by atoms with Crippen LogP contribution in [0, 0.1) is 6.92 Å². The van der Waals surface area contributed by atoms with Crippen molar-refractivity contribution in [1.29, 1.82) is 0 Å². The van der Waals surface area contributed by atoms with E-state index in [0.717, 1.165) is 54.8 Å². The van der Waals surface area contributed by atoms with Crippen LogP contribution in [0.3, 0.4) is 0 Å². The Balaban J connectivity index is 1.25. The Morgan fingerprint density at radius 2 is 1.81 bits per heavy atom. The maximum Gasteiger partial charge on any atom is 0.119 e. The zero-order valence-electron chi connectivity index (χ0n) is 18.5. The van der Waals surface area contributed by atoms with Crippen molar-refractivity contribution in [3.05, 3.63) is 77.4 Å². The van der Waals surface area contributed by atoms with Crippen LogP contribution >= 0.6 is 11.6 Å². The van der Waals surface area contributed by atoms with Crippen LogP contribution in [0.1, 0.15) is 12.0 Å². The van der Waals surface area contributed by atoms with Gasteiger partial charge in [-0.2, -0.15) is 0 Å². The molecule has 1 N–H and O–H groups in total. The van der Waals surface area contributed by atoms with Crippen LogP contribution in [0.2, 0.25) is 5.02 Å². The topological polar surface area (TPSA) is 48.8 Å². The molecule has 0 saturated carbocycles. The van der Waals surface area contributed by atoms with Crippen LogP contribution in [0.5, 0.6) is 5.75 Å². The summed E-state index contributed by atoms with van der Waals surface area (Å²) in [7, 11) is 0. The number of hydrogen-bond acceptors (Lipinski definition) is 5. The van der Waals surface area contributed by atoms with Crippen molar-refractivity contribution in [3.63, 3.8) is 0 Å². The number of anilines is 1. The average molecular weight is 452 g/mol. The van der Waals surface area contributed by atoms with Gasteiger partial charge in [-0.25, -0.2) is 0 Å². The summed E-state index contributed by atoms with van der Waals surface area (Å²) in [5.74, 6) is 0.742. The average Bonchev–Trinajstić information content (AvgIpc) is 2.84. The number of aromatic nitrogens is 1. The smallest absolute Gasteiger partial charge is 0.119 e. The number of hydrogen-bond donors (Lipinski definition) is 1. The highest BCUT2D eigenvalue weighted by Gasteiger charge is 2.20. The molecule has 1 aliphatic rings. The first kappa shape index (κ1) is 22.6. The number of rotatable bonds is 8. The van der Waals surface area contributed by atoms with Gasteiger partial charge in [-0.05, 0) is 55.3 Å². The highest BCUT2D eigenvalue weighted by molar-refractivity contribution is 6.31. The molecule has 1 unspecified atom stereocenters. The molecule has 0 bridgehead atoms. The summed E-state index contributed by atoms with van der Waals surface area (Å²) in [6.45, 7) is 6.96. The van der Waals surface area contributed by atoms with Crippen LogP contribution in [-0.4, -0.2) is 60.4 Å². The van der Waals surface area contributed by atoms with Gasteiger partial charge >= 0.3 is 0 Å². The van der Waals surface area contributed by atoms with Crippen molar-refractivity contribution in [2.24, 2.45) is 0 Å². The highest BCUT2D eigenvalue weighted by atomic mass is 35.5. The second-order valence-corrected chi connectivity index (χ2v) is 8.63. The first-order valence-electron chi connectivity index (χ1n) is 11.1. The Morgan fingerprint density at radius 1 is 1.03 bits per heavy atom. The van der Waals surface area contributed by atoms with E-state index in [1.54, 1.807) is 0 Å². The maximum atomic E-state index is 10.4. The number of benzene rings is 2. The van der Waals surface area contributed by atoms with Crippen LogP contribution in [0.15, 0.2) is 66.9 Å². The second-order valence-electron chi connectivity index (χ2n) is 8.23. The van der Waals surface area contributed by atoms with Gasteiger partial charge in [0.15, 0.2) is 0 Å². The molecule has 5 nitrogen and oxygen atoms in total. The summed E-state index contributed by atoms with van der Waals surface area (Å²) < 4.78 is 5.73. The largest absolute Gasteiger partial charge is 0.491 e. The summed E-state index contributed by atoms with van der Waals surface area (Å²) in [6.07, 6.45) is 2.04. The molecule has 0 spiro atoms. The number of para-hydroxylation sites is 1. The predicted molar refractivity (Wildman–Crippen MR) is 131 cm³/mol. The Bertz CT molecular complexity index is 1010. The molecule has 4 rings (SSSR count). The Hall–Kier alpha value is -2.60. The molecule has 168 valence electrons. The third kappa shape index (κ3) is 5.80. The minimum atomic E-state index is -0.492. The standard InChI is InChI=1S/C26H30ClN3O2/c1-20-18-22(9-10-24(20)27)32-19-21(31)11-13-29-14-16-30(17-15-29)26-8-3-2-6-23(26)25-7-4-5-12-28-25/h2-10,12,18,21,31H,11,13-17,19H2,1H3. The van der Waals surface area contributed by atoms with E-state index >= 15 is 0 Å². The number of nitrogens with zero attached hydrogens (tertiary/aromatic N) is 3. The molecule has 1 aliphatic heterocycles. The van der Waals surface area contributed by atoms with Crippen LogP contribution in [0.25, 0.3) is 11.3 Å². The fraction of sp³-hybridized carbons (Fsp3) is 0.346. The van der Waals surface area contributed by atoms with Gasteiger partial charge in [-0.1, -0.05) is 35.9 Å². The van der Waals surface area contributed by atoms with E-state index in [9.17, 15) is 5.11 Å². The molecule has 2 aromatic carbocycles. The van der Waals surface area contributed by atoms with Gasteiger partial charge in [-0.15, -0.1) is 0 Å². The quantitative estimate of drug-likeness (QED) is 0.539. The zero-order chi connectivity index (χ0) is 22.3. The lowest BCUT2D eigenvalue weighted by molar-refractivity contribution is 0.0866. The van der Waals surface area contributed by atoms with E-state index in [2.05, 4.69) is 45.1 Å². The number of pyridine rings is 1. The van der Waals surface area contributed by atoms with Crippen LogP contribution < -0.4 is 9.64 Å². The van der Waals surface area contributed by atoms with E-state index in [-0.39, 0.29) is 0 Å². The van der Waals surface area contributed by atoms with E-state index < -0.39 is 6.10 Å². The molecule has 1 fully saturated rings. The molecule has 0 radical (unpaired) electrons. The maximum absolute atomic E-state index is 10.4. The third-order valence-electron chi connectivity index (χ3n) is 5.91. The highest BCUT2D eigenvalue weighted by Crippen LogP contribution is 2.30. The van der Waals surface area contributed by atoms with Crippen molar-refractivity contribution in [3.8, 4) is 17.0 Å². The molecule has 2 heterocycles. The van der Waals surface area contributed by atoms with Gasteiger partial charge in [0, 0.05) is 55.2 Å². The first-order chi connectivity index (χ1) is 15.6.